The number of esters is 1. The second kappa shape index (κ2) is 6.39. The molecule has 0 atom stereocenters. The van der Waals surface area contributed by atoms with Crippen LogP contribution in [0.1, 0.15) is 24.3 Å². The van der Waals surface area contributed by atoms with Gasteiger partial charge in [0, 0.05) is 25.3 Å². The molecule has 2 rings (SSSR count). The Morgan fingerprint density at radius 1 is 1.10 bits per heavy atom. The standard InChI is InChI=1S/C17H20N2O2/c1-12(2)21-17(20)16-7-5-6-15(18-16)13-8-10-14(11-9-13)19(3)4/h5-12H,1-4H3. The molecule has 21 heavy (non-hydrogen) atoms. The second-order valence-corrected chi connectivity index (χ2v) is 5.30. The molecular formula is C17H20N2O2. The van der Waals surface area contributed by atoms with Crippen molar-refractivity contribution < 1.29 is 9.53 Å². The quantitative estimate of drug-likeness (QED) is 0.807. The number of pyridine rings is 1. The SMILES string of the molecule is CC(C)OC(=O)c1cccc(-c2ccc(N(C)C)cc2)n1. The van der Waals surface area contributed by atoms with Gasteiger partial charge in [0.05, 0.1) is 11.8 Å². The van der Waals surface area contributed by atoms with Gasteiger partial charge in [-0.05, 0) is 38.1 Å². The molecule has 0 unspecified atom stereocenters. The van der Waals surface area contributed by atoms with Crippen LogP contribution in [-0.2, 0) is 4.74 Å². The third kappa shape index (κ3) is 3.81. The van der Waals surface area contributed by atoms with E-state index in [1.54, 1.807) is 6.07 Å². The van der Waals surface area contributed by atoms with E-state index in [2.05, 4.69) is 4.98 Å². The minimum absolute atomic E-state index is 0.151. The Balaban J connectivity index is 2.26. The molecule has 2 aromatic rings. The van der Waals surface area contributed by atoms with Crippen LogP contribution < -0.4 is 4.90 Å². The van der Waals surface area contributed by atoms with Crippen molar-refractivity contribution in [2.45, 2.75) is 20.0 Å². The maximum Gasteiger partial charge on any atom is 0.357 e. The van der Waals surface area contributed by atoms with E-state index in [1.165, 1.54) is 0 Å². The van der Waals surface area contributed by atoms with E-state index in [4.69, 9.17) is 4.74 Å². The first-order chi connectivity index (χ1) is 9.97. The average molecular weight is 284 g/mol. The van der Waals surface area contributed by atoms with Crippen LogP contribution in [0.5, 0.6) is 0 Å². The number of hydrogen-bond donors (Lipinski definition) is 0. The molecule has 0 saturated heterocycles. The fourth-order valence-corrected chi connectivity index (χ4v) is 1.91. The predicted molar refractivity (Wildman–Crippen MR) is 84.6 cm³/mol. The van der Waals surface area contributed by atoms with Gasteiger partial charge < -0.3 is 9.64 Å². The maximum absolute atomic E-state index is 11.9. The number of aromatic nitrogens is 1. The first-order valence-corrected chi connectivity index (χ1v) is 6.93. The lowest BCUT2D eigenvalue weighted by Crippen LogP contribution is -2.13. The minimum atomic E-state index is -0.392. The summed E-state index contributed by atoms with van der Waals surface area (Å²) in [5, 5.41) is 0. The van der Waals surface area contributed by atoms with Gasteiger partial charge in [-0.1, -0.05) is 18.2 Å². The summed E-state index contributed by atoms with van der Waals surface area (Å²) in [5.41, 5.74) is 3.19. The highest BCUT2D eigenvalue weighted by Gasteiger charge is 2.11. The van der Waals surface area contributed by atoms with Crippen molar-refractivity contribution in [3.05, 3.63) is 48.2 Å². The normalized spacial score (nSPS) is 10.5. The highest BCUT2D eigenvalue weighted by molar-refractivity contribution is 5.88. The highest BCUT2D eigenvalue weighted by Crippen LogP contribution is 2.21. The number of anilines is 1. The number of ether oxygens (including phenoxy) is 1. The van der Waals surface area contributed by atoms with Gasteiger partial charge in [0.1, 0.15) is 5.69 Å². The van der Waals surface area contributed by atoms with E-state index in [0.717, 1.165) is 16.9 Å². The van der Waals surface area contributed by atoms with Crippen molar-refractivity contribution in [2.75, 3.05) is 19.0 Å². The van der Waals surface area contributed by atoms with Crippen molar-refractivity contribution >= 4 is 11.7 Å². The van der Waals surface area contributed by atoms with Gasteiger partial charge in [-0.3, -0.25) is 0 Å². The summed E-state index contributed by atoms with van der Waals surface area (Å²) in [6, 6.07) is 13.4. The lowest BCUT2D eigenvalue weighted by Gasteiger charge is -2.13. The number of nitrogens with zero attached hydrogens (tertiary/aromatic N) is 2. The van der Waals surface area contributed by atoms with Gasteiger partial charge in [0.25, 0.3) is 0 Å². The van der Waals surface area contributed by atoms with Crippen molar-refractivity contribution in [1.29, 1.82) is 0 Å². The Kier molecular flexibility index (Phi) is 4.58. The van der Waals surface area contributed by atoms with Gasteiger partial charge in [0.15, 0.2) is 0 Å². The molecule has 0 N–H and O–H groups in total. The molecule has 0 fully saturated rings. The largest absolute Gasteiger partial charge is 0.458 e. The summed E-state index contributed by atoms with van der Waals surface area (Å²) in [6.07, 6.45) is -0.151. The summed E-state index contributed by atoms with van der Waals surface area (Å²) in [4.78, 5) is 18.3. The van der Waals surface area contributed by atoms with Crippen LogP contribution in [0.3, 0.4) is 0 Å². The van der Waals surface area contributed by atoms with Crippen LogP contribution in [0.15, 0.2) is 42.5 Å². The fourth-order valence-electron chi connectivity index (χ4n) is 1.91. The van der Waals surface area contributed by atoms with Crippen molar-refractivity contribution in [1.82, 2.24) is 4.98 Å². The molecule has 0 aliphatic carbocycles. The topological polar surface area (TPSA) is 42.4 Å². The van der Waals surface area contributed by atoms with Crippen LogP contribution >= 0.6 is 0 Å². The molecule has 4 heteroatoms. The number of carbonyl (C=O) groups excluding carboxylic acids is 1. The fraction of sp³-hybridized carbons (Fsp3) is 0.294. The zero-order valence-corrected chi connectivity index (χ0v) is 12.8. The summed E-state index contributed by atoms with van der Waals surface area (Å²) >= 11 is 0. The summed E-state index contributed by atoms with van der Waals surface area (Å²) in [6.45, 7) is 3.64. The highest BCUT2D eigenvalue weighted by atomic mass is 16.5. The predicted octanol–water partition coefficient (Wildman–Crippen LogP) is 3.38. The molecule has 110 valence electrons. The van der Waals surface area contributed by atoms with Gasteiger partial charge in [-0.15, -0.1) is 0 Å². The van der Waals surface area contributed by atoms with E-state index < -0.39 is 5.97 Å². The smallest absolute Gasteiger partial charge is 0.357 e. The minimum Gasteiger partial charge on any atom is -0.458 e. The number of rotatable bonds is 4. The molecule has 0 amide bonds. The summed E-state index contributed by atoms with van der Waals surface area (Å²) in [7, 11) is 3.99. The van der Waals surface area contributed by atoms with E-state index in [-0.39, 0.29) is 6.10 Å². The Morgan fingerprint density at radius 2 is 1.76 bits per heavy atom. The molecule has 4 nitrogen and oxygen atoms in total. The zero-order chi connectivity index (χ0) is 15.4. The van der Waals surface area contributed by atoms with Gasteiger partial charge >= 0.3 is 5.97 Å². The Hall–Kier alpha value is -2.36. The molecule has 0 bridgehead atoms. The van der Waals surface area contributed by atoms with Crippen LogP contribution in [-0.4, -0.2) is 31.2 Å². The molecular weight excluding hydrogens is 264 g/mol. The molecule has 0 saturated carbocycles. The lowest BCUT2D eigenvalue weighted by molar-refractivity contribution is 0.0371. The third-order valence-electron chi connectivity index (χ3n) is 2.98. The van der Waals surface area contributed by atoms with E-state index in [0.29, 0.717) is 5.69 Å². The van der Waals surface area contributed by atoms with Crippen LogP contribution in [0.25, 0.3) is 11.3 Å². The number of hydrogen-bond acceptors (Lipinski definition) is 4. The maximum atomic E-state index is 11.9. The van der Waals surface area contributed by atoms with Crippen LogP contribution in [0.2, 0.25) is 0 Å². The average Bonchev–Trinajstić information content (AvgIpc) is 2.47. The van der Waals surface area contributed by atoms with Crippen molar-refractivity contribution in [3.63, 3.8) is 0 Å². The van der Waals surface area contributed by atoms with Gasteiger partial charge in [-0.2, -0.15) is 0 Å². The molecule has 0 radical (unpaired) electrons. The van der Waals surface area contributed by atoms with Crippen molar-refractivity contribution in [3.8, 4) is 11.3 Å². The molecule has 0 spiro atoms. The van der Waals surface area contributed by atoms with Crippen molar-refractivity contribution in [2.24, 2.45) is 0 Å². The third-order valence-corrected chi connectivity index (χ3v) is 2.98. The van der Waals surface area contributed by atoms with Gasteiger partial charge in [0.2, 0.25) is 0 Å². The molecule has 0 aliphatic rings. The Bertz CT molecular complexity index is 619. The second-order valence-electron chi connectivity index (χ2n) is 5.30. The Labute approximate surface area is 125 Å². The summed E-state index contributed by atoms with van der Waals surface area (Å²) in [5.74, 6) is -0.392. The van der Waals surface area contributed by atoms with Gasteiger partial charge in [-0.25, -0.2) is 9.78 Å². The first-order valence-electron chi connectivity index (χ1n) is 6.93. The number of carbonyl (C=O) groups is 1. The van der Waals surface area contributed by atoms with E-state index in [1.807, 2.05) is 69.2 Å². The molecule has 1 heterocycles. The molecule has 1 aromatic heterocycles. The lowest BCUT2D eigenvalue weighted by atomic mass is 10.1. The molecule has 0 aliphatic heterocycles. The monoisotopic (exact) mass is 284 g/mol. The van der Waals surface area contributed by atoms with Crippen LogP contribution in [0.4, 0.5) is 5.69 Å². The summed E-state index contributed by atoms with van der Waals surface area (Å²) < 4.78 is 5.17. The zero-order valence-electron chi connectivity index (χ0n) is 12.8. The van der Waals surface area contributed by atoms with E-state index in [9.17, 15) is 4.79 Å². The first kappa shape index (κ1) is 15.0. The molecule has 1 aromatic carbocycles. The Morgan fingerprint density at radius 3 is 2.33 bits per heavy atom. The van der Waals surface area contributed by atoms with E-state index >= 15 is 0 Å². The van der Waals surface area contributed by atoms with Crippen LogP contribution in [0, 0.1) is 0 Å². The number of benzene rings is 1.